The molecule has 3 rings (SSSR count). The normalized spacial score (nSPS) is 15.5. The molecule has 0 radical (unpaired) electrons. The second-order valence-corrected chi connectivity index (χ2v) is 11.0. The summed E-state index contributed by atoms with van der Waals surface area (Å²) in [7, 11) is -2.98. The molecule has 214 valence electrons. The largest absolute Gasteiger partial charge is 0.465 e. The van der Waals surface area contributed by atoms with Gasteiger partial charge in [-0.25, -0.2) is 18.0 Å². The Labute approximate surface area is 228 Å². The number of hydrogen-bond acceptors (Lipinski definition) is 8. The van der Waals surface area contributed by atoms with E-state index in [9.17, 15) is 28.2 Å². The monoisotopic (exact) mass is 564 g/mol. The number of methoxy groups -OCH3 is 1. The molecule has 1 aliphatic rings. The average Bonchev–Trinajstić information content (AvgIpc) is 3.44. The van der Waals surface area contributed by atoms with Crippen molar-refractivity contribution >= 4 is 27.9 Å². The van der Waals surface area contributed by atoms with Gasteiger partial charge in [-0.3, -0.25) is 4.84 Å². The Hall–Kier alpha value is -3.39. The minimum absolute atomic E-state index is 0.0653. The SMILES string of the molecule is COC(=O)NCCNc1cccc(S(=O)(=O)N(C[C@@H](O)[C@H](Cc2ccccc2)NC(=O)O)OC2CCCC2)c1. The Morgan fingerprint density at radius 3 is 2.46 bits per heavy atom. The molecular formula is C26H36N4O8S. The first-order valence-electron chi connectivity index (χ1n) is 12.8. The third-order valence-electron chi connectivity index (χ3n) is 6.29. The highest BCUT2D eigenvalue weighted by molar-refractivity contribution is 7.89. The summed E-state index contributed by atoms with van der Waals surface area (Å²) in [6.07, 6.45) is -0.328. The number of anilines is 1. The fraction of sp³-hybridized carbons (Fsp3) is 0.462. The van der Waals surface area contributed by atoms with Crippen molar-refractivity contribution in [1.82, 2.24) is 15.1 Å². The van der Waals surface area contributed by atoms with Crippen LogP contribution in [0.1, 0.15) is 31.2 Å². The minimum atomic E-state index is -4.24. The van der Waals surface area contributed by atoms with Crippen LogP contribution >= 0.6 is 0 Å². The number of hydroxylamine groups is 1. The number of ether oxygens (including phenoxy) is 1. The topological polar surface area (TPSA) is 167 Å². The molecule has 0 aliphatic heterocycles. The molecule has 13 heteroatoms. The van der Waals surface area contributed by atoms with Crippen LogP contribution in [0.15, 0.2) is 59.5 Å². The zero-order chi connectivity index (χ0) is 28.3. The van der Waals surface area contributed by atoms with Gasteiger partial charge in [0, 0.05) is 18.8 Å². The number of hydrogen-bond donors (Lipinski definition) is 5. The van der Waals surface area contributed by atoms with Crippen molar-refractivity contribution in [3.63, 3.8) is 0 Å². The molecule has 0 spiro atoms. The maximum absolute atomic E-state index is 13.7. The van der Waals surface area contributed by atoms with Crippen LogP contribution in [0.25, 0.3) is 0 Å². The molecule has 0 unspecified atom stereocenters. The lowest BCUT2D eigenvalue weighted by molar-refractivity contribution is -0.145. The summed E-state index contributed by atoms with van der Waals surface area (Å²) in [6.45, 7) is 0.102. The van der Waals surface area contributed by atoms with Crippen LogP contribution in [-0.4, -0.2) is 80.3 Å². The van der Waals surface area contributed by atoms with Crippen LogP contribution < -0.4 is 16.0 Å². The Bertz CT molecular complexity index is 1180. The fourth-order valence-corrected chi connectivity index (χ4v) is 5.62. The maximum Gasteiger partial charge on any atom is 0.406 e. The van der Waals surface area contributed by atoms with E-state index < -0.39 is 40.9 Å². The lowest BCUT2D eigenvalue weighted by Crippen LogP contribution is -2.50. The van der Waals surface area contributed by atoms with Crippen LogP contribution in [0.4, 0.5) is 15.3 Å². The highest BCUT2D eigenvalue weighted by Crippen LogP contribution is 2.27. The number of amides is 2. The zero-order valence-corrected chi connectivity index (χ0v) is 22.6. The molecule has 1 saturated carbocycles. The van der Waals surface area contributed by atoms with Gasteiger partial charge in [-0.2, -0.15) is 0 Å². The van der Waals surface area contributed by atoms with Crippen LogP contribution in [0, 0.1) is 0 Å². The van der Waals surface area contributed by atoms with Crippen LogP contribution in [0.5, 0.6) is 0 Å². The number of carboxylic acid groups (broad SMARTS) is 1. The van der Waals surface area contributed by atoms with Crippen molar-refractivity contribution in [1.29, 1.82) is 0 Å². The van der Waals surface area contributed by atoms with Crippen molar-refractivity contribution in [3.8, 4) is 0 Å². The fourth-order valence-electron chi connectivity index (χ4n) is 4.28. The number of alkyl carbamates (subject to hydrolysis) is 1. The third-order valence-corrected chi connectivity index (χ3v) is 7.91. The van der Waals surface area contributed by atoms with Gasteiger partial charge in [0.05, 0.1) is 36.8 Å². The van der Waals surface area contributed by atoms with Crippen LogP contribution in [-0.2, 0) is 26.0 Å². The minimum Gasteiger partial charge on any atom is -0.465 e. The quantitative estimate of drug-likeness (QED) is 0.171. The number of sulfonamides is 1. The number of rotatable bonds is 14. The van der Waals surface area contributed by atoms with E-state index in [1.165, 1.54) is 19.2 Å². The van der Waals surface area contributed by atoms with Crippen molar-refractivity contribution in [2.75, 3.05) is 32.1 Å². The van der Waals surface area contributed by atoms with Gasteiger partial charge < -0.3 is 30.9 Å². The number of nitrogens with one attached hydrogen (secondary N) is 3. The molecule has 2 aromatic carbocycles. The van der Waals surface area contributed by atoms with Crippen LogP contribution in [0.2, 0.25) is 0 Å². The number of benzene rings is 2. The van der Waals surface area contributed by atoms with Crippen molar-refractivity contribution in [2.45, 2.75) is 55.2 Å². The molecule has 12 nitrogen and oxygen atoms in total. The zero-order valence-electron chi connectivity index (χ0n) is 21.8. The van der Waals surface area contributed by atoms with E-state index in [-0.39, 0.29) is 24.0 Å². The molecule has 1 fully saturated rings. The van der Waals surface area contributed by atoms with Gasteiger partial charge in [0.15, 0.2) is 0 Å². The molecule has 0 bridgehead atoms. The smallest absolute Gasteiger partial charge is 0.406 e. The van der Waals surface area contributed by atoms with E-state index in [0.29, 0.717) is 25.1 Å². The summed E-state index contributed by atoms with van der Waals surface area (Å²) in [4.78, 5) is 28.5. The summed E-state index contributed by atoms with van der Waals surface area (Å²) in [5.74, 6) is 0. The number of nitrogens with zero attached hydrogens (tertiary/aromatic N) is 1. The first-order chi connectivity index (χ1) is 18.7. The van der Waals surface area contributed by atoms with E-state index in [0.717, 1.165) is 22.9 Å². The van der Waals surface area contributed by atoms with Gasteiger partial charge in [0.25, 0.3) is 10.0 Å². The highest BCUT2D eigenvalue weighted by Gasteiger charge is 2.34. The third kappa shape index (κ3) is 9.39. The number of carbonyl (C=O) groups excluding carboxylic acids is 1. The Balaban J connectivity index is 1.79. The first kappa shape index (κ1) is 30.2. The molecule has 2 amide bonds. The molecule has 0 aromatic heterocycles. The van der Waals surface area contributed by atoms with Gasteiger partial charge in [0.1, 0.15) is 0 Å². The molecule has 2 atom stereocenters. The predicted octanol–water partition coefficient (Wildman–Crippen LogP) is 2.56. The van der Waals surface area contributed by atoms with Gasteiger partial charge in [-0.1, -0.05) is 53.7 Å². The Kier molecular flexibility index (Phi) is 11.3. The standard InChI is InChI=1S/C26H36N4O8S/c1-37-26(34)28-15-14-27-20-10-7-13-22(17-20)39(35,36)30(38-21-11-5-6-12-21)18-24(31)23(29-25(32)33)16-19-8-3-2-4-9-19/h2-4,7-10,13,17,21,23-24,27,29,31H,5-6,11-12,14-16,18H2,1H3,(H,28,34)(H,32,33)/t23-,24+/m0/s1. The number of aliphatic hydroxyl groups excluding tert-OH is 1. The molecule has 2 aromatic rings. The first-order valence-corrected chi connectivity index (χ1v) is 14.2. The summed E-state index contributed by atoms with van der Waals surface area (Å²) < 4.78 is 32.7. The van der Waals surface area contributed by atoms with Crippen molar-refractivity contribution in [3.05, 3.63) is 60.2 Å². The lowest BCUT2D eigenvalue weighted by atomic mass is 10.0. The molecule has 5 N–H and O–H groups in total. The second kappa shape index (κ2) is 14.7. The summed E-state index contributed by atoms with van der Waals surface area (Å²) >= 11 is 0. The van der Waals surface area contributed by atoms with Gasteiger partial charge in [-0.15, -0.1) is 0 Å². The van der Waals surface area contributed by atoms with E-state index in [2.05, 4.69) is 20.7 Å². The maximum atomic E-state index is 13.7. The van der Waals surface area contributed by atoms with Gasteiger partial charge in [0.2, 0.25) is 0 Å². The molecule has 0 saturated heterocycles. The van der Waals surface area contributed by atoms with E-state index in [1.807, 2.05) is 6.07 Å². The summed E-state index contributed by atoms with van der Waals surface area (Å²) in [5.41, 5.74) is 1.28. The highest BCUT2D eigenvalue weighted by atomic mass is 32.2. The van der Waals surface area contributed by atoms with E-state index >= 15 is 0 Å². The van der Waals surface area contributed by atoms with Gasteiger partial charge >= 0.3 is 12.2 Å². The average molecular weight is 565 g/mol. The van der Waals surface area contributed by atoms with Crippen molar-refractivity contribution < 1.29 is 37.8 Å². The molecule has 39 heavy (non-hydrogen) atoms. The second-order valence-electron chi connectivity index (χ2n) is 9.19. The lowest BCUT2D eigenvalue weighted by Gasteiger charge is -2.30. The van der Waals surface area contributed by atoms with Gasteiger partial charge in [-0.05, 0) is 43.0 Å². The summed E-state index contributed by atoms with van der Waals surface area (Å²) in [6, 6.07) is 14.1. The Morgan fingerprint density at radius 2 is 1.79 bits per heavy atom. The summed E-state index contributed by atoms with van der Waals surface area (Å²) in [5, 5.41) is 28.3. The number of carbonyl (C=O) groups is 2. The number of aliphatic hydroxyl groups is 1. The molecule has 0 heterocycles. The van der Waals surface area contributed by atoms with Crippen LogP contribution in [0.3, 0.4) is 0 Å². The van der Waals surface area contributed by atoms with Crippen molar-refractivity contribution in [2.24, 2.45) is 0 Å². The van der Waals surface area contributed by atoms with E-state index in [1.54, 1.807) is 36.4 Å². The predicted molar refractivity (Wildman–Crippen MR) is 144 cm³/mol. The molecular weight excluding hydrogens is 528 g/mol. The molecule has 1 aliphatic carbocycles. The van der Waals surface area contributed by atoms with E-state index in [4.69, 9.17) is 4.84 Å². The Morgan fingerprint density at radius 1 is 1.08 bits per heavy atom.